The summed E-state index contributed by atoms with van der Waals surface area (Å²) in [6.45, 7) is 1.91. The van der Waals surface area contributed by atoms with Crippen LogP contribution >= 0.6 is 0 Å². The maximum atomic E-state index is 15.0. The standard InChI is InChI=1S/C48H54N2O8/c1-5-33-11-12-34-8-6-7-9-39(34)40(33)24-41-35(13-15-43(54)47(41)58-4)22-36(18-31-16-17-50-28-31)44(55)25-46(56)48(29-51,26-30-10-14-42(53)45(21-30)57-3)37-19-32(27-49-2)20-38(52)23-37/h6-17,19-21,23,28,36,44,49-55H,5,18,22,24-27,29H2,1-4H3. The van der Waals surface area contributed by atoms with Gasteiger partial charge in [-0.15, -0.1) is 0 Å². The SMILES string of the molecule is CCc1ccc2ccccc2c1Cc1c(CC(Cc2cc[nH]c2)C(O)CC(=O)C(CO)(Cc2ccc(O)c(OC)c2)c2cc(O)cc(CNC)c2)ccc(O)c1OC. The molecular formula is C48H54N2O8. The number of aryl methyl sites for hydroxylation is 1. The first-order valence-electron chi connectivity index (χ1n) is 19.7. The van der Waals surface area contributed by atoms with Gasteiger partial charge in [0.1, 0.15) is 11.5 Å². The molecule has 0 aliphatic rings. The quantitative estimate of drug-likeness (QED) is 0.0455. The lowest BCUT2D eigenvalue weighted by Gasteiger charge is -2.34. The molecule has 58 heavy (non-hydrogen) atoms. The minimum Gasteiger partial charge on any atom is -0.508 e. The van der Waals surface area contributed by atoms with Crippen molar-refractivity contribution >= 4 is 16.6 Å². The summed E-state index contributed by atoms with van der Waals surface area (Å²) in [5.74, 6) is -0.441. The molecule has 0 saturated heterocycles. The van der Waals surface area contributed by atoms with Crippen LogP contribution in [0.3, 0.4) is 0 Å². The van der Waals surface area contributed by atoms with Gasteiger partial charge in [0, 0.05) is 37.3 Å². The van der Waals surface area contributed by atoms with Crippen LogP contribution in [-0.2, 0) is 48.9 Å². The number of aliphatic hydroxyl groups excluding tert-OH is 2. The minimum atomic E-state index is -1.58. The molecule has 10 heteroatoms. The Morgan fingerprint density at radius 3 is 2.31 bits per heavy atom. The molecule has 0 bridgehead atoms. The van der Waals surface area contributed by atoms with Crippen LogP contribution in [0.25, 0.3) is 10.8 Å². The number of phenols is 3. The number of ether oxygens (including phenoxy) is 2. The third-order valence-electron chi connectivity index (χ3n) is 11.5. The molecule has 6 aromatic rings. The van der Waals surface area contributed by atoms with E-state index in [-0.39, 0.29) is 35.8 Å². The van der Waals surface area contributed by atoms with Crippen molar-refractivity contribution in [2.75, 3.05) is 27.9 Å². The molecule has 0 aliphatic carbocycles. The molecule has 304 valence electrons. The topological polar surface area (TPSA) is 164 Å². The highest BCUT2D eigenvalue weighted by atomic mass is 16.5. The number of H-pyrrole nitrogens is 1. The van der Waals surface area contributed by atoms with Gasteiger partial charge in [0.15, 0.2) is 23.0 Å². The molecule has 5 aromatic carbocycles. The highest BCUT2D eigenvalue weighted by molar-refractivity contribution is 5.91. The second-order valence-corrected chi connectivity index (χ2v) is 15.1. The first-order valence-corrected chi connectivity index (χ1v) is 19.7. The van der Waals surface area contributed by atoms with Crippen molar-refractivity contribution in [2.45, 2.75) is 63.5 Å². The largest absolute Gasteiger partial charge is 0.508 e. The Kier molecular flexibility index (Phi) is 13.4. The molecule has 1 heterocycles. The van der Waals surface area contributed by atoms with E-state index in [1.807, 2.05) is 36.7 Å². The molecule has 7 N–H and O–H groups in total. The van der Waals surface area contributed by atoms with Crippen LogP contribution in [0, 0.1) is 5.92 Å². The predicted octanol–water partition coefficient (Wildman–Crippen LogP) is 7.07. The van der Waals surface area contributed by atoms with Gasteiger partial charge in [-0.3, -0.25) is 4.79 Å². The summed E-state index contributed by atoms with van der Waals surface area (Å²) in [6, 6.07) is 27.6. The van der Waals surface area contributed by atoms with Crippen LogP contribution in [0.5, 0.6) is 28.7 Å². The molecule has 0 radical (unpaired) electrons. The Labute approximate surface area is 339 Å². The fourth-order valence-corrected chi connectivity index (χ4v) is 8.37. The Balaban J connectivity index is 1.41. The van der Waals surface area contributed by atoms with E-state index in [0.717, 1.165) is 39.4 Å². The van der Waals surface area contributed by atoms with Gasteiger partial charge in [-0.1, -0.05) is 61.5 Å². The van der Waals surface area contributed by atoms with Crippen molar-refractivity contribution in [1.82, 2.24) is 10.3 Å². The number of aliphatic hydroxyl groups is 2. The summed E-state index contributed by atoms with van der Waals surface area (Å²) in [5, 5.41) is 61.2. The third-order valence-corrected chi connectivity index (χ3v) is 11.5. The van der Waals surface area contributed by atoms with E-state index in [2.05, 4.69) is 41.5 Å². The van der Waals surface area contributed by atoms with E-state index in [4.69, 9.17) is 9.47 Å². The van der Waals surface area contributed by atoms with Gasteiger partial charge in [0.05, 0.1) is 32.3 Å². The average Bonchev–Trinajstić information content (AvgIpc) is 3.74. The summed E-state index contributed by atoms with van der Waals surface area (Å²) in [6.07, 6.45) is 4.26. The number of aromatic hydroxyl groups is 3. The molecule has 3 unspecified atom stereocenters. The van der Waals surface area contributed by atoms with Crippen molar-refractivity contribution in [3.05, 3.63) is 148 Å². The van der Waals surface area contributed by atoms with E-state index in [1.54, 1.807) is 44.5 Å². The fraction of sp³-hybridized carbons (Fsp3) is 0.312. The predicted molar refractivity (Wildman–Crippen MR) is 226 cm³/mol. The van der Waals surface area contributed by atoms with Crippen LogP contribution < -0.4 is 14.8 Å². The number of aromatic amines is 1. The Morgan fingerprint density at radius 1 is 0.828 bits per heavy atom. The van der Waals surface area contributed by atoms with Crippen molar-refractivity contribution in [2.24, 2.45) is 5.92 Å². The van der Waals surface area contributed by atoms with Gasteiger partial charge < -0.3 is 45.3 Å². The second-order valence-electron chi connectivity index (χ2n) is 15.1. The maximum Gasteiger partial charge on any atom is 0.164 e. The summed E-state index contributed by atoms with van der Waals surface area (Å²) >= 11 is 0. The lowest BCUT2D eigenvalue weighted by atomic mass is 9.70. The fourth-order valence-electron chi connectivity index (χ4n) is 8.37. The zero-order chi connectivity index (χ0) is 41.4. The number of rotatable bonds is 19. The summed E-state index contributed by atoms with van der Waals surface area (Å²) in [5.41, 5.74) is 5.06. The number of hydrogen-bond acceptors (Lipinski definition) is 9. The number of carbonyl (C=O) groups excluding carboxylic acids is 1. The number of phenolic OH excluding ortho intramolecular Hbond substituents is 3. The van der Waals surface area contributed by atoms with Crippen LogP contribution in [0.1, 0.15) is 57.9 Å². The van der Waals surface area contributed by atoms with Gasteiger partial charge in [0.25, 0.3) is 0 Å². The molecule has 0 aliphatic heterocycles. The molecule has 10 nitrogen and oxygen atoms in total. The molecule has 3 atom stereocenters. The molecule has 6 rings (SSSR count). The van der Waals surface area contributed by atoms with E-state index in [9.17, 15) is 30.3 Å². The summed E-state index contributed by atoms with van der Waals surface area (Å²) in [4.78, 5) is 18.1. The van der Waals surface area contributed by atoms with E-state index < -0.39 is 29.8 Å². The Bertz CT molecular complexity index is 2340. The Hall–Kier alpha value is -5.81. The minimum absolute atomic E-state index is 0.000715. The van der Waals surface area contributed by atoms with Gasteiger partial charge >= 0.3 is 0 Å². The van der Waals surface area contributed by atoms with Crippen LogP contribution in [0.2, 0.25) is 0 Å². The van der Waals surface area contributed by atoms with Crippen LogP contribution in [-0.4, -0.2) is 70.3 Å². The number of benzene rings is 5. The molecule has 0 amide bonds. The first kappa shape index (κ1) is 41.8. The highest BCUT2D eigenvalue weighted by Gasteiger charge is 2.42. The highest BCUT2D eigenvalue weighted by Crippen LogP contribution is 2.40. The van der Waals surface area contributed by atoms with Gasteiger partial charge in [0.2, 0.25) is 0 Å². The number of nitrogens with one attached hydrogen (secondary N) is 2. The average molecular weight is 787 g/mol. The molecule has 0 fully saturated rings. The maximum absolute atomic E-state index is 15.0. The van der Waals surface area contributed by atoms with Gasteiger partial charge in [-0.05, 0) is 125 Å². The van der Waals surface area contributed by atoms with Crippen molar-refractivity contribution in [3.8, 4) is 28.7 Å². The molecule has 1 aromatic heterocycles. The van der Waals surface area contributed by atoms with Crippen molar-refractivity contribution < 1.29 is 39.8 Å². The normalized spacial score (nSPS) is 13.6. The van der Waals surface area contributed by atoms with Gasteiger partial charge in [-0.2, -0.15) is 0 Å². The number of Topliss-reactive ketones (excluding diaryl/α,β-unsaturated/α-hetero) is 1. The molecule has 0 spiro atoms. The van der Waals surface area contributed by atoms with Crippen molar-refractivity contribution in [1.29, 1.82) is 0 Å². The number of carbonyl (C=O) groups is 1. The smallest absolute Gasteiger partial charge is 0.164 e. The number of fused-ring (bicyclic) bond motifs is 1. The lowest BCUT2D eigenvalue weighted by molar-refractivity contribution is -0.129. The number of ketones is 1. The first-order chi connectivity index (χ1) is 28.0. The monoisotopic (exact) mass is 786 g/mol. The zero-order valence-corrected chi connectivity index (χ0v) is 33.6. The number of hydrogen-bond donors (Lipinski definition) is 7. The molecular weight excluding hydrogens is 733 g/mol. The summed E-state index contributed by atoms with van der Waals surface area (Å²) in [7, 11) is 4.75. The van der Waals surface area contributed by atoms with Crippen molar-refractivity contribution in [3.63, 3.8) is 0 Å². The van der Waals surface area contributed by atoms with E-state index >= 15 is 0 Å². The van der Waals surface area contributed by atoms with E-state index in [0.29, 0.717) is 48.2 Å². The number of aromatic nitrogens is 1. The van der Waals surface area contributed by atoms with Crippen LogP contribution in [0.4, 0.5) is 0 Å². The third kappa shape index (κ3) is 9.00. The Morgan fingerprint density at radius 2 is 1.60 bits per heavy atom. The second kappa shape index (κ2) is 18.6. The van der Waals surface area contributed by atoms with Crippen LogP contribution in [0.15, 0.2) is 103 Å². The number of methoxy groups -OCH3 is 2. The van der Waals surface area contributed by atoms with E-state index in [1.165, 1.54) is 24.8 Å². The molecule has 0 saturated carbocycles. The summed E-state index contributed by atoms with van der Waals surface area (Å²) < 4.78 is 11.2. The zero-order valence-electron chi connectivity index (χ0n) is 33.6. The lowest BCUT2D eigenvalue weighted by Crippen LogP contribution is -2.44. The van der Waals surface area contributed by atoms with Gasteiger partial charge in [-0.25, -0.2) is 0 Å².